The number of carbonyl (C=O) groups excluding carboxylic acids is 1. The van der Waals surface area contributed by atoms with E-state index < -0.39 is 10.0 Å². The highest BCUT2D eigenvalue weighted by molar-refractivity contribution is 9.10. The summed E-state index contributed by atoms with van der Waals surface area (Å²) in [5.74, 6) is 0.152. The number of amides is 1. The maximum absolute atomic E-state index is 12.3. The second-order valence-electron chi connectivity index (χ2n) is 5.40. The summed E-state index contributed by atoms with van der Waals surface area (Å²) in [6.45, 7) is 0. The molecule has 23 heavy (non-hydrogen) atoms. The molecule has 0 spiro atoms. The van der Waals surface area contributed by atoms with Gasteiger partial charge in [-0.2, -0.15) is 0 Å². The van der Waals surface area contributed by atoms with Crippen molar-refractivity contribution >= 4 is 43.2 Å². The number of sulfonamides is 1. The predicted molar refractivity (Wildman–Crippen MR) is 92.7 cm³/mol. The zero-order valence-corrected chi connectivity index (χ0v) is 14.5. The lowest BCUT2D eigenvalue weighted by molar-refractivity contribution is -0.117. The smallest absolute Gasteiger partial charge is 0.261 e. The molecular weight excluding hydrogens is 380 g/mol. The van der Waals surface area contributed by atoms with Crippen molar-refractivity contribution in [2.45, 2.75) is 17.7 Å². The van der Waals surface area contributed by atoms with Gasteiger partial charge in [-0.15, -0.1) is 0 Å². The Kier molecular flexibility index (Phi) is 4.41. The first-order valence-corrected chi connectivity index (χ1v) is 9.41. The maximum Gasteiger partial charge on any atom is 0.261 e. The van der Waals surface area contributed by atoms with E-state index in [1.165, 1.54) is 12.1 Å². The molecule has 1 amide bonds. The summed E-state index contributed by atoms with van der Waals surface area (Å²) < 4.78 is 27.9. The van der Waals surface area contributed by atoms with Gasteiger partial charge in [0.25, 0.3) is 10.0 Å². The Morgan fingerprint density at radius 1 is 0.957 bits per heavy atom. The molecule has 0 unspecified atom stereocenters. The summed E-state index contributed by atoms with van der Waals surface area (Å²) in [5, 5.41) is 2.81. The van der Waals surface area contributed by atoms with Crippen LogP contribution in [-0.4, -0.2) is 14.3 Å². The Bertz CT molecular complexity index is 813. The van der Waals surface area contributed by atoms with Gasteiger partial charge >= 0.3 is 0 Å². The van der Waals surface area contributed by atoms with E-state index in [2.05, 4.69) is 26.0 Å². The lowest BCUT2D eigenvalue weighted by atomic mass is 10.2. The Labute approximate surface area is 143 Å². The van der Waals surface area contributed by atoms with Crippen molar-refractivity contribution in [3.8, 4) is 0 Å². The van der Waals surface area contributed by atoms with Gasteiger partial charge in [-0.05, 0) is 61.4 Å². The lowest BCUT2D eigenvalue weighted by Gasteiger charge is -2.09. The monoisotopic (exact) mass is 394 g/mol. The zero-order chi connectivity index (χ0) is 16.4. The molecule has 1 aliphatic carbocycles. The molecule has 1 fully saturated rings. The average molecular weight is 395 g/mol. The molecular formula is C16H15BrN2O3S. The van der Waals surface area contributed by atoms with Gasteiger partial charge in [0, 0.05) is 21.8 Å². The first kappa shape index (κ1) is 16.0. The highest BCUT2D eigenvalue weighted by Crippen LogP contribution is 2.30. The first-order valence-electron chi connectivity index (χ1n) is 7.13. The number of nitrogens with one attached hydrogen (secondary N) is 2. The first-order chi connectivity index (χ1) is 10.9. The minimum atomic E-state index is -3.63. The van der Waals surface area contributed by atoms with Gasteiger partial charge in [-0.25, -0.2) is 8.42 Å². The third kappa shape index (κ3) is 4.11. The third-order valence-electron chi connectivity index (χ3n) is 3.48. The number of hydrogen-bond acceptors (Lipinski definition) is 3. The SMILES string of the molecule is O=C(Nc1ccc(NS(=O)(=O)c2ccc(Br)cc2)cc1)C1CC1. The van der Waals surface area contributed by atoms with E-state index in [9.17, 15) is 13.2 Å². The van der Waals surface area contributed by atoms with Crippen LogP contribution in [0.15, 0.2) is 57.9 Å². The highest BCUT2D eigenvalue weighted by atomic mass is 79.9. The lowest BCUT2D eigenvalue weighted by Crippen LogP contribution is -2.14. The van der Waals surface area contributed by atoms with E-state index in [1.54, 1.807) is 36.4 Å². The number of halogens is 1. The maximum atomic E-state index is 12.3. The number of rotatable bonds is 5. The van der Waals surface area contributed by atoms with Crippen LogP contribution < -0.4 is 10.0 Å². The van der Waals surface area contributed by atoms with Crippen molar-refractivity contribution in [1.82, 2.24) is 0 Å². The molecule has 0 saturated heterocycles. The van der Waals surface area contributed by atoms with Crippen molar-refractivity contribution in [2.24, 2.45) is 5.92 Å². The molecule has 2 aromatic carbocycles. The molecule has 2 N–H and O–H groups in total. The highest BCUT2D eigenvalue weighted by Gasteiger charge is 2.29. The normalized spacial score (nSPS) is 14.3. The van der Waals surface area contributed by atoms with Gasteiger partial charge < -0.3 is 5.32 Å². The van der Waals surface area contributed by atoms with E-state index in [0.717, 1.165) is 17.3 Å². The number of carbonyl (C=O) groups is 1. The molecule has 0 bridgehead atoms. The van der Waals surface area contributed by atoms with Crippen molar-refractivity contribution in [2.75, 3.05) is 10.0 Å². The Hall–Kier alpha value is -1.86. The molecule has 1 saturated carbocycles. The molecule has 5 nitrogen and oxygen atoms in total. The fourth-order valence-corrected chi connectivity index (χ4v) is 3.36. The fraction of sp³-hybridized carbons (Fsp3) is 0.188. The average Bonchev–Trinajstić information content (AvgIpc) is 3.34. The van der Waals surface area contributed by atoms with E-state index in [4.69, 9.17) is 0 Å². The second-order valence-corrected chi connectivity index (χ2v) is 8.00. The number of anilines is 2. The van der Waals surface area contributed by atoms with Crippen LogP contribution in [0.5, 0.6) is 0 Å². The summed E-state index contributed by atoms with van der Waals surface area (Å²) in [6, 6.07) is 13.0. The summed E-state index contributed by atoms with van der Waals surface area (Å²) in [7, 11) is -3.63. The van der Waals surface area contributed by atoms with E-state index in [0.29, 0.717) is 11.4 Å². The summed E-state index contributed by atoms with van der Waals surface area (Å²) >= 11 is 3.27. The molecule has 7 heteroatoms. The third-order valence-corrected chi connectivity index (χ3v) is 5.40. The second kappa shape index (κ2) is 6.33. The van der Waals surface area contributed by atoms with E-state index >= 15 is 0 Å². The Morgan fingerprint density at radius 3 is 2.09 bits per heavy atom. The molecule has 3 rings (SSSR count). The van der Waals surface area contributed by atoms with Gasteiger partial charge in [-0.3, -0.25) is 9.52 Å². The van der Waals surface area contributed by atoms with Crippen molar-refractivity contribution in [3.05, 3.63) is 53.0 Å². The van der Waals surface area contributed by atoms with Gasteiger partial charge in [-0.1, -0.05) is 15.9 Å². The molecule has 2 aromatic rings. The zero-order valence-electron chi connectivity index (χ0n) is 12.1. The van der Waals surface area contributed by atoms with Crippen LogP contribution in [0.1, 0.15) is 12.8 Å². The van der Waals surface area contributed by atoms with Crippen molar-refractivity contribution in [1.29, 1.82) is 0 Å². The number of hydrogen-bond donors (Lipinski definition) is 2. The van der Waals surface area contributed by atoms with Crippen molar-refractivity contribution in [3.63, 3.8) is 0 Å². The minimum Gasteiger partial charge on any atom is -0.326 e. The van der Waals surface area contributed by atoms with Gasteiger partial charge in [0.15, 0.2) is 0 Å². The quantitative estimate of drug-likeness (QED) is 0.813. The predicted octanol–water partition coefficient (Wildman–Crippen LogP) is 3.60. The Morgan fingerprint density at radius 2 is 1.52 bits per heavy atom. The van der Waals surface area contributed by atoms with Crippen LogP contribution >= 0.6 is 15.9 Å². The minimum absolute atomic E-state index is 0.0215. The van der Waals surface area contributed by atoms with Crippen LogP contribution in [0.25, 0.3) is 0 Å². The molecule has 1 aliphatic rings. The molecule has 0 aromatic heterocycles. The van der Waals surface area contributed by atoms with Crippen LogP contribution in [0.3, 0.4) is 0 Å². The van der Waals surface area contributed by atoms with Crippen molar-refractivity contribution < 1.29 is 13.2 Å². The van der Waals surface area contributed by atoms with Crippen LogP contribution in [0.2, 0.25) is 0 Å². The summed E-state index contributed by atoms with van der Waals surface area (Å²) in [5.41, 5.74) is 1.10. The summed E-state index contributed by atoms with van der Waals surface area (Å²) in [6.07, 6.45) is 1.88. The fourth-order valence-electron chi connectivity index (χ4n) is 2.04. The van der Waals surface area contributed by atoms with Gasteiger partial charge in [0.2, 0.25) is 5.91 Å². The molecule has 0 radical (unpaired) electrons. The molecule has 0 atom stereocenters. The molecule has 0 heterocycles. The summed E-state index contributed by atoms with van der Waals surface area (Å²) in [4.78, 5) is 11.9. The standard InChI is InChI=1S/C16H15BrN2O3S/c17-12-3-9-15(10-4-12)23(21,22)19-14-7-5-13(6-8-14)18-16(20)11-1-2-11/h3-11,19H,1-2H2,(H,18,20). The van der Waals surface area contributed by atoms with E-state index in [1.807, 2.05) is 0 Å². The molecule has 120 valence electrons. The largest absolute Gasteiger partial charge is 0.326 e. The topological polar surface area (TPSA) is 75.3 Å². The Balaban J connectivity index is 1.69. The molecule has 0 aliphatic heterocycles. The van der Waals surface area contributed by atoms with Gasteiger partial charge in [0.1, 0.15) is 0 Å². The number of benzene rings is 2. The van der Waals surface area contributed by atoms with Gasteiger partial charge in [0.05, 0.1) is 4.90 Å². The van der Waals surface area contributed by atoms with Crippen LogP contribution in [0, 0.1) is 5.92 Å². The van der Waals surface area contributed by atoms with Crippen LogP contribution in [-0.2, 0) is 14.8 Å². The van der Waals surface area contributed by atoms with Crippen LogP contribution in [0.4, 0.5) is 11.4 Å². The van der Waals surface area contributed by atoms with E-state index in [-0.39, 0.29) is 16.7 Å².